The van der Waals surface area contributed by atoms with E-state index in [4.69, 9.17) is 4.74 Å². The van der Waals surface area contributed by atoms with Crippen molar-refractivity contribution >= 4 is 22.5 Å². The van der Waals surface area contributed by atoms with Crippen LogP contribution in [0.2, 0.25) is 0 Å². The van der Waals surface area contributed by atoms with Crippen LogP contribution in [0, 0.1) is 0 Å². The molecule has 0 saturated carbocycles. The predicted molar refractivity (Wildman–Crippen MR) is 96.2 cm³/mol. The molecule has 5 nitrogen and oxygen atoms in total. The second-order valence-electron chi connectivity index (χ2n) is 6.46. The van der Waals surface area contributed by atoms with Gasteiger partial charge in [0, 0.05) is 34.1 Å². The number of ether oxygens (including phenoxy) is 1. The Balaban J connectivity index is 2.66. The highest BCUT2D eigenvalue weighted by Crippen LogP contribution is 2.18. The summed E-state index contributed by atoms with van der Waals surface area (Å²) in [6, 6.07) is 7.18. The lowest BCUT2D eigenvalue weighted by molar-refractivity contribution is 0.165. The molecule has 2 atom stereocenters. The zero-order chi connectivity index (χ0) is 17.5. The number of rotatable bonds is 7. The first-order valence-corrected chi connectivity index (χ1v) is 9.12. The lowest BCUT2D eigenvalue weighted by Crippen LogP contribution is -2.40. The molecule has 2 N–H and O–H groups in total. The number of hydrogen-bond donors (Lipinski definition) is 2. The van der Waals surface area contributed by atoms with E-state index in [2.05, 4.69) is 10.6 Å². The minimum atomic E-state index is -0.967. The summed E-state index contributed by atoms with van der Waals surface area (Å²) in [7, 11) is 0.645. The SMILES string of the molecule is CC[C@@H](COC)NC(=O)Nc1cccc(C[S@](=O)C(C)(C)C)c1. The van der Waals surface area contributed by atoms with Crippen LogP contribution in [0.25, 0.3) is 0 Å². The van der Waals surface area contributed by atoms with Crippen molar-refractivity contribution in [1.29, 1.82) is 0 Å². The lowest BCUT2D eigenvalue weighted by atomic mass is 10.2. The summed E-state index contributed by atoms with van der Waals surface area (Å²) in [6.07, 6.45) is 0.797. The molecular weight excluding hydrogens is 312 g/mol. The summed E-state index contributed by atoms with van der Waals surface area (Å²) >= 11 is 0. The molecule has 0 radical (unpaired) electrons. The van der Waals surface area contributed by atoms with E-state index in [1.807, 2.05) is 52.0 Å². The fourth-order valence-corrected chi connectivity index (χ4v) is 2.84. The van der Waals surface area contributed by atoms with Crippen molar-refractivity contribution < 1.29 is 13.7 Å². The molecule has 23 heavy (non-hydrogen) atoms. The van der Waals surface area contributed by atoms with E-state index in [-0.39, 0.29) is 16.8 Å². The van der Waals surface area contributed by atoms with Gasteiger partial charge in [0.25, 0.3) is 0 Å². The van der Waals surface area contributed by atoms with E-state index in [1.165, 1.54) is 0 Å². The van der Waals surface area contributed by atoms with Crippen LogP contribution in [-0.4, -0.2) is 34.7 Å². The summed E-state index contributed by atoms with van der Waals surface area (Å²) in [6.45, 7) is 8.35. The molecule has 0 bridgehead atoms. The normalized spacial score (nSPS) is 14.1. The van der Waals surface area contributed by atoms with Crippen LogP contribution in [-0.2, 0) is 21.3 Å². The number of hydrogen-bond acceptors (Lipinski definition) is 3. The fraction of sp³-hybridized carbons (Fsp3) is 0.588. The first-order valence-electron chi connectivity index (χ1n) is 7.80. The number of methoxy groups -OCH3 is 1. The molecule has 0 aliphatic rings. The first-order chi connectivity index (χ1) is 10.8. The maximum atomic E-state index is 12.2. The Labute approximate surface area is 141 Å². The highest BCUT2D eigenvalue weighted by Gasteiger charge is 2.19. The molecule has 130 valence electrons. The van der Waals surface area contributed by atoms with E-state index in [0.717, 1.165) is 12.0 Å². The van der Waals surface area contributed by atoms with E-state index in [9.17, 15) is 9.00 Å². The van der Waals surface area contributed by atoms with Crippen LogP contribution in [0.3, 0.4) is 0 Å². The summed E-state index contributed by atoms with van der Waals surface area (Å²) in [4.78, 5) is 12.0. The molecule has 2 amide bonds. The molecule has 0 fully saturated rings. The van der Waals surface area contributed by atoms with Gasteiger partial charge in [0.1, 0.15) is 0 Å². The van der Waals surface area contributed by atoms with Crippen molar-refractivity contribution in [3.05, 3.63) is 29.8 Å². The molecule has 0 heterocycles. The predicted octanol–water partition coefficient (Wildman–Crippen LogP) is 3.28. The molecule has 0 aliphatic carbocycles. The van der Waals surface area contributed by atoms with Crippen molar-refractivity contribution in [3.8, 4) is 0 Å². The van der Waals surface area contributed by atoms with Gasteiger partial charge in [-0.3, -0.25) is 4.21 Å². The average Bonchev–Trinajstić information content (AvgIpc) is 2.46. The monoisotopic (exact) mass is 340 g/mol. The van der Waals surface area contributed by atoms with E-state index >= 15 is 0 Å². The van der Waals surface area contributed by atoms with Crippen molar-refractivity contribution in [3.63, 3.8) is 0 Å². The zero-order valence-corrected chi connectivity index (χ0v) is 15.5. The van der Waals surface area contributed by atoms with Crippen molar-refractivity contribution in [2.45, 2.75) is 50.7 Å². The average molecular weight is 340 g/mol. The van der Waals surface area contributed by atoms with Crippen LogP contribution in [0.1, 0.15) is 39.7 Å². The van der Waals surface area contributed by atoms with E-state index < -0.39 is 10.8 Å². The Bertz CT molecular complexity index is 541. The third-order valence-electron chi connectivity index (χ3n) is 3.36. The van der Waals surface area contributed by atoms with Gasteiger partial charge in [0.2, 0.25) is 0 Å². The second kappa shape index (κ2) is 9.03. The summed E-state index contributed by atoms with van der Waals surface area (Å²) in [5, 5.41) is 5.68. The molecule has 0 aromatic heterocycles. The van der Waals surface area contributed by atoms with Crippen molar-refractivity contribution in [1.82, 2.24) is 5.32 Å². The third-order valence-corrected chi connectivity index (χ3v) is 5.32. The zero-order valence-electron chi connectivity index (χ0n) is 14.6. The highest BCUT2D eigenvalue weighted by molar-refractivity contribution is 7.85. The minimum absolute atomic E-state index is 0.0171. The standard InChI is InChI=1S/C17H28N2O3S/c1-6-14(11-22-5)18-16(20)19-15-9-7-8-13(10-15)12-23(21)17(2,3)4/h7-10,14H,6,11-12H2,1-5H3,(H2,18,19,20)/t14-,23-/m0/s1. The van der Waals surface area contributed by atoms with Crippen LogP contribution in [0.4, 0.5) is 10.5 Å². The molecule has 0 spiro atoms. The molecule has 1 aromatic rings. The number of carbonyl (C=O) groups is 1. The number of benzene rings is 1. The van der Waals surface area contributed by atoms with Crippen molar-refractivity contribution in [2.24, 2.45) is 0 Å². The Morgan fingerprint density at radius 2 is 2.04 bits per heavy atom. The van der Waals surface area contributed by atoms with Gasteiger partial charge < -0.3 is 15.4 Å². The number of carbonyl (C=O) groups excluding carboxylic acids is 1. The van der Waals surface area contributed by atoms with Gasteiger partial charge in [-0.05, 0) is 44.9 Å². The van der Waals surface area contributed by atoms with Gasteiger partial charge in [-0.2, -0.15) is 0 Å². The van der Waals surface area contributed by atoms with E-state index in [1.54, 1.807) is 7.11 Å². The Morgan fingerprint density at radius 3 is 2.61 bits per heavy atom. The number of anilines is 1. The molecular formula is C17H28N2O3S. The second-order valence-corrected chi connectivity index (χ2v) is 8.67. The van der Waals surface area contributed by atoms with Gasteiger partial charge in [-0.25, -0.2) is 4.79 Å². The smallest absolute Gasteiger partial charge is 0.319 e. The van der Waals surface area contributed by atoms with Gasteiger partial charge >= 0.3 is 6.03 Å². The Hall–Kier alpha value is -1.40. The number of amides is 2. The van der Waals surface area contributed by atoms with E-state index in [0.29, 0.717) is 18.0 Å². The fourth-order valence-electron chi connectivity index (χ4n) is 1.92. The van der Waals surface area contributed by atoms with Crippen LogP contribution in [0.5, 0.6) is 0 Å². The van der Waals surface area contributed by atoms with Gasteiger partial charge in [-0.15, -0.1) is 0 Å². The van der Waals surface area contributed by atoms with Crippen LogP contribution >= 0.6 is 0 Å². The summed E-state index contributed by atoms with van der Waals surface area (Å²) in [5.41, 5.74) is 1.64. The molecule has 1 aromatic carbocycles. The molecule has 0 unspecified atom stereocenters. The highest BCUT2D eigenvalue weighted by atomic mass is 32.2. The minimum Gasteiger partial charge on any atom is -0.383 e. The van der Waals surface area contributed by atoms with Gasteiger partial charge in [0.05, 0.1) is 12.6 Å². The maximum Gasteiger partial charge on any atom is 0.319 e. The van der Waals surface area contributed by atoms with Crippen molar-refractivity contribution in [2.75, 3.05) is 19.0 Å². The number of urea groups is 1. The Morgan fingerprint density at radius 1 is 1.35 bits per heavy atom. The lowest BCUT2D eigenvalue weighted by Gasteiger charge is -2.18. The quantitative estimate of drug-likeness (QED) is 0.800. The molecule has 1 rings (SSSR count). The first kappa shape index (κ1) is 19.6. The van der Waals surface area contributed by atoms with Gasteiger partial charge in [0.15, 0.2) is 0 Å². The van der Waals surface area contributed by atoms with Crippen LogP contribution in [0.15, 0.2) is 24.3 Å². The van der Waals surface area contributed by atoms with Gasteiger partial charge in [-0.1, -0.05) is 19.1 Å². The molecule has 6 heteroatoms. The molecule has 0 aliphatic heterocycles. The molecule has 0 saturated heterocycles. The Kier molecular flexibility index (Phi) is 7.72. The van der Waals surface area contributed by atoms with Crippen LogP contribution < -0.4 is 10.6 Å². The topological polar surface area (TPSA) is 67.4 Å². The summed E-state index contributed by atoms with van der Waals surface area (Å²) < 4.78 is 17.0. The number of nitrogens with one attached hydrogen (secondary N) is 2. The largest absolute Gasteiger partial charge is 0.383 e. The summed E-state index contributed by atoms with van der Waals surface area (Å²) in [5.74, 6) is 0.474. The maximum absolute atomic E-state index is 12.2. The third kappa shape index (κ3) is 7.14.